The fourth-order valence-electron chi connectivity index (χ4n) is 2.85. The van der Waals surface area contributed by atoms with Crippen molar-refractivity contribution in [3.05, 3.63) is 53.8 Å². The third-order valence-electron chi connectivity index (χ3n) is 4.26. The van der Waals surface area contributed by atoms with Gasteiger partial charge in [0.1, 0.15) is 5.82 Å². The Labute approximate surface area is 150 Å². The highest BCUT2D eigenvalue weighted by atomic mass is 32.2. The molecule has 1 unspecified atom stereocenters. The van der Waals surface area contributed by atoms with Gasteiger partial charge in [-0.25, -0.2) is 4.39 Å². The molecule has 0 aromatic heterocycles. The van der Waals surface area contributed by atoms with Gasteiger partial charge in [0.25, 0.3) is 0 Å². The molecule has 1 fully saturated rings. The first-order valence-corrected chi connectivity index (χ1v) is 9.22. The van der Waals surface area contributed by atoms with Crippen molar-refractivity contribution in [1.82, 2.24) is 0 Å². The second kappa shape index (κ2) is 7.27. The minimum absolute atomic E-state index is 0.0959. The highest BCUT2D eigenvalue weighted by molar-refractivity contribution is 7.98. The van der Waals surface area contributed by atoms with Crippen molar-refractivity contribution in [3.8, 4) is 0 Å². The summed E-state index contributed by atoms with van der Waals surface area (Å²) >= 11 is 1.63. The Morgan fingerprint density at radius 1 is 1.24 bits per heavy atom. The third kappa shape index (κ3) is 3.85. The van der Waals surface area contributed by atoms with Crippen molar-refractivity contribution >= 4 is 35.0 Å². The molecule has 0 radical (unpaired) electrons. The zero-order valence-electron chi connectivity index (χ0n) is 14.1. The largest absolute Gasteiger partial charge is 0.323 e. The molecule has 2 aromatic rings. The van der Waals surface area contributed by atoms with E-state index in [1.54, 1.807) is 29.7 Å². The normalized spacial score (nSPS) is 17.0. The van der Waals surface area contributed by atoms with Gasteiger partial charge in [0.15, 0.2) is 0 Å². The summed E-state index contributed by atoms with van der Waals surface area (Å²) in [5.41, 5.74) is 1.71. The lowest BCUT2D eigenvalue weighted by Crippen LogP contribution is -2.28. The molecule has 0 bridgehead atoms. The molecule has 130 valence electrons. The molecule has 3 rings (SSSR count). The van der Waals surface area contributed by atoms with E-state index in [-0.39, 0.29) is 23.9 Å². The Bertz CT molecular complexity index is 808. The Morgan fingerprint density at radius 3 is 2.60 bits per heavy atom. The quantitative estimate of drug-likeness (QED) is 0.845. The van der Waals surface area contributed by atoms with Gasteiger partial charge in [-0.05, 0) is 55.1 Å². The highest BCUT2D eigenvalue weighted by Gasteiger charge is 2.35. The molecule has 0 spiro atoms. The summed E-state index contributed by atoms with van der Waals surface area (Å²) in [4.78, 5) is 27.4. The summed E-state index contributed by atoms with van der Waals surface area (Å²) in [6.45, 7) is 2.08. The van der Waals surface area contributed by atoms with Crippen molar-refractivity contribution in [2.45, 2.75) is 18.2 Å². The van der Waals surface area contributed by atoms with E-state index < -0.39 is 11.7 Å². The van der Waals surface area contributed by atoms with E-state index in [0.717, 1.165) is 16.1 Å². The molecule has 1 N–H and O–H groups in total. The number of rotatable bonds is 4. The van der Waals surface area contributed by atoms with Crippen LogP contribution in [-0.2, 0) is 9.59 Å². The van der Waals surface area contributed by atoms with Gasteiger partial charge < -0.3 is 10.2 Å². The maximum Gasteiger partial charge on any atom is 0.229 e. The van der Waals surface area contributed by atoms with Crippen LogP contribution in [0.2, 0.25) is 0 Å². The number of amides is 2. The number of halogens is 1. The number of nitrogens with one attached hydrogen (secondary N) is 1. The lowest BCUT2D eigenvalue weighted by atomic mass is 10.1. The van der Waals surface area contributed by atoms with Gasteiger partial charge in [0.2, 0.25) is 11.8 Å². The number of carbonyl (C=O) groups excluding carboxylic acids is 2. The van der Waals surface area contributed by atoms with Crippen LogP contribution in [0.15, 0.2) is 47.4 Å². The molecule has 6 heteroatoms. The van der Waals surface area contributed by atoms with Crippen molar-refractivity contribution in [2.24, 2.45) is 5.92 Å². The molecule has 4 nitrogen and oxygen atoms in total. The molecule has 2 amide bonds. The first-order chi connectivity index (χ1) is 12.0. The predicted molar refractivity (Wildman–Crippen MR) is 98.4 cm³/mol. The molecular formula is C19H19FN2O2S. The minimum Gasteiger partial charge on any atom is -0.323 e. The van der Waals surface area contributed by atoms with Gasteiger partial charge in [-0.1, -0.05) is 6.07 Å². The topological polar surface area (TPSA) is 49.4 Å². The van der Waals surface area contributed by atoms with E-state index in [9.17, 15) is 14.0 Å². The first kappa shape index (κ1) is 17.5. The van der Waals surface area contributed by atoms with E-state index in [1.807, 2.05) is 30.5 Å². The number of carbonyl (C=O) groups is 2. The van der Waals surface area contributed by atoms with Crippen LogP contribution in [0.5, 0.6) is 0 Å². The van der Waals surface area contributed by atoms with Gasteiger partial charge in [0.05, 0.1) is 11.6 Å². The van der Waals surface area contributed by atoms with Gasteiger partial charge in [-0.3, -0.25) is 9.59 Å². The number of hydrogen-bond donors (Lipinski definition) is 1. The fraction of sp³-hybridized carbons (Fsp3) is 0.263. The van der Waals surface area contributed by atoms with E-state index in [0.29, 0.717) is 6.54 Å². The molecule has 1 saturated heterocycles. The molecule has 1 atom stereocenters. The molecule has 0 aliphatic carbocycles. The number of anilines is 2. The fourth-order valence-corrected chi connectivity index (χ4v) is 3.26. The van der Waals surface area contributed by atoms with Gasteiger partial charge >= 0.3 is 0 Å². The summed E-state index contributed by atoms with van der Waals surface area (Å²) in [5.74, 6) is -1.39. The molecule has 1 heterocycles. The molecule has 1 aliphatic rings. The Morgan fingerprint density at radius 2 is 1.96 bits per heavy atom. The number of aryl methyl sites for hydroxylation is 1. The second-order valence-corrected chi connectivity index (χ2v) is 6.96. The highest BCUT2D eigenvalue weighted by Crippen LogP contribution is 2.28. The van der Waals surface area contributed by atoms with Crippen LogP contribution < -0.4 is 10.2 Å². The molecular weight excluding hydrogens is 339 g/mol. The van der Waals surface area contributed by atoms with Crippen molar-refractivity contribution < 1.29 is 14.0 Å². The molecule has 1 aliphatic heterocycles. The number of nitrogens with zero attached hydrogens (tertiary/aromatic N) is 1. The second-order valence-electron chi connectivity index (χ2n) is 6.08. The number of thioether (sulfide) groups is 1. The SMILES string of the molecule is CSc1ccc(N2CC(C(=O)Nc3ccc(C)cc3F)CC2=O)cc1. The Hall–Kier alpha value is -2.34. The maximum absolute atomic E-state index is 13.9. The van der Waals surface area contributed by atoms with Crippen LogP contribution in [0.4, 0.5) is 15.8 Å². The van der Waals surface area contributed by atoms with Gasteiger partial charge in [-0.2, -0.15) is 0 Å². The summed E-state index contributed by atoms with van der Waals surface area (Å²) in [6.07, 6.45) is 2.12. The van der Waals surface area contributed by atoms with E-state index in [2.05, 4.69) is 5.32 Å². The minimum atomic E-state index is -0.492. The predicted octanol–water partition coefficient (Wildman–Crippen LogP) is 3.85. The summed E-state index contributed by atoms with van der Waals surface area (Å²) in [6, 6.07) is 12.3. The number of benzene rings is 2. The van der Waals surface area contributed by atoms with E-state index in [1.165, 1.54) is 12.1 Å². The van der Waals surface area contributed by atoms with Crippen molar-refractivity contribution in [2.75, 3.05) is 23.0 Å². The summed E-state index contributed by atoms with van der Waals surface area (Å²) in [7, 11) is 0. The zero-order valence-corrected chi connectivity index (χ0v) is 14.9. The molecule has 0 saturated carbocycles. The average molecular weight is 358 g/mol. The van der Waals surface area contributed by atoms with Gasteiger partial charge in [-0.15, -0.1) is 11.8 Å². The van der Waals surface area contributed by atoms with Gasteiger partial charge in [0, 0.05) is 23.5 Å². The standard InChI is InChI=1S/C19H19FN2O2S/c1-12-3-8-17(16(20)9-12)21-19(24)13-10-18(23)22(11-13)14-4-6-15(25-2)7-5-14/h3-9,13H,10-11H2,1-2H3,(H,21,24). The Balaban J connectivity index is 1.69. The summed E-state index contributed by atoms with van der Waals surface area (Å²) < 4.78 is 13.9. The monoisotopic (exact) mass is 358 g/mol. The van der Waals surface area contributed by atoms with Crippen LogP contribution in [0, 0.1) is 18.7 Å². The van der Waals surface area contributed by atoms with E-state index >= 15 is 0 Å². The lowest BCUT2D eigenvalue weighted by Gasteiger charge is -2.17. The summed E-state index contributed by atoms with van der Waals surface area (Å²) in [5, 5.41) is 2.59. The number of hydrogen-bond acceptors (Lipinski definition) is 3. The average Bonchev–Trinajstić information content (AvgIpc) is 2.99. The van der Waals surface area contributed by atoms with Crippen LogP contribution in [0.1, 0.15) is 12.0 Å². The molecule has 2 aromatic carbocycles. The maximum atomic E-state index is 13.9. The zero-order chi connectivity index (χ0) is 18.0. The first-order valence-electron chi connectivity index (χ1n) is 7.99. The van der Waals surface area contributed by atoms with Crippen molar-refractivity contribution in [1.29, 1.82) is 0 Å². The Kier molecular flexibility index (Phi) is 5.08. The smallest absolute Gasteiger partial charge is 0.229 e. The van der Waals surface area contributed by atoms with Crippen LogP contribution >= 0.6 is 11.8 Å². The van der Waals surface area contributed by atoms with Crippen LogP contribution in [0.3, 0.4) is 0 Å². The van der Waals surface area contributed by atoms with Crippen LogP contribution in [0.25, 0.3) is 0 Å². The lowest BCUT2D eigenvalue weighted by molar-refractivity contribution is -0.122. The molecule has 25 heavy (non-hydrogen) atoms. The third-order valence-corrected chi connectivity index (χ3v) is 5.01. The van der Waals surface area contributed by atoms with Crippen molar-refractivity contribution in [3.63, 3.8) is 0 Å². The van der Waals surface area contributed by atoms with E-state index in [4.69, 9.17) is 0 Å². The van der Waals surface area contributed by atoms with Crippen LogP contribution in [-0.4, -0.2) is 24.6 Å².